The molecule has 88 valence electrons. The van der Waals surface area contributed by atoms with Crippen LogP contribution in [0, 0.1) is 5.41 Å². The van der Waals surface area contributed by atoms with Crippen LogP contribution < -0.4 is 5.32 Å². The van der Waals surface area contributed by atoms with Crippen LogP contribution in [-0.4, -0.2) is 18.7 Å². The first-order chi connectivity index (χ1) is 7.25. The molecule has 1 unspecified atom stereocenters. The highest BCUT2D eigenvalue weighted by Gasteiger charge is 2.40. The van der Waals surface area contributed by atoms with Crippen LogP contribution in [0.4, 0.5) is 0 Å². The predicted molar refractivity (Wildman–Crippen MR) is 61.6 cm³/mol. The Morgan fingerprint density at radius 3 is 2.47 bits per heavy atom. The van der Waals surface area contributed by atoms with Crippen LogP contribution in [0.3, 0.4) is 0 Å². The maximum Gasteiger partial charge on any atom is 0.226 e. The lowest BCUT2D eigenvalue weighted by molar-refractivity contribution is -0.128. The van der Waals surface area contributed by atoms with E-state index < -0.39 is 0 Å². The van der Waals surface area contributed by atoms with Gasteiger partial charge in [-0.2, -0.15) is 0 Å². The van der Waals surface area contributed by atoms with Crippen molar-refractivity contribution in [2.24, 2.45) is 5.41 Å². The van der Waals surface area contributed by atoms with E-state index in [1.165, 1.54) is 0 Å². The van der Waals surface area contributed by atoms with Crippen LogP contribution in [0.15, 0.2) is 0 Å². The maximum absolute atomic E-state index is 11.6. The van der Waals surface area contributed by atoms with Gasteiger partial charge in [-0.3, -0.25) is 4.79 Å². The average Bonchev–Trinajstić information content (AvgIpc) is 2.62. The molecule has 1 amide bonds. The van der Waals surface area contributed by atoms with E-state index in [0.29, 0.717) is 6.42 Å². The van der Waals surface area contributed by atoms with Gasteiger partial charge in [-0.1, -0.05) is 27.2 Å². The van der Waals surface area contributed by atoms with Crippen LogP contribution in [0.5, 0.6) is 0 Å². The minimum absolute atomic E-state index is 0.149. The zero-order valence-electron chi connectivity index (χ0n) is 10.1. The van der Waals surface area contributed by atoms with Gasteiger partial charge in [0.2, 0.25) is 5.91 Å². The molecule has 0 saturated carbocycles. The Bertz CT molecular complexity index is 204. The number of rotatable bonds is 5. The summed E-state index contributed by atoms with van der Waals surface area (Å²) in [5.74, 6) is 0.149. The SMILES string of the molecule is CC.CCCC1(CCC=O)CCNC1=O. The minimum Gasteiger partial charge on any atom is -0.356 e. The van der Waals surface area contributed by atoms with E-state index in [1.54, 1.807) is 0 Å². The van der Waals surface area contributed by atoms with Crippen LogP contribution in [0.25, 0.3) is 0 Å². The highest BCUT2D eigenvalue weighted by molar-refractivity contribution is 5.84. The van der Waals surface area contributed by atoms with Gasteiger partial charge < -0.3 is 10.1 Å². The molecule has 1 N–H and O–H groups in total. The van der Waals surface area contributed by atoms with Crippen molar-refractivity contribution < 1.29 is 9.59 Å². The van der Waals surface area contributed by atoms with E-state index >= 15 is 0 Å². The molecule has 0 spiro atoms. The molecule has 0 radical (unpaired) electrons. The minimum atomic E-state index is -0.227. The molecule has 0 bridgehead atoms. The van der Waals surface area contributed by atoms with Gasteiger partial charge in [-0.05, 0) is 19.3 Å². The number of aldehydes is 1. The second-order valence-electron chi connectivity index (χ2n) is 3.74. The molecule has 0 aromatic rings. The normalized spacial score (nSPS) is 24.1. The predicted octanol–water partition coefficient (Wildman–Crippen LogP) is 2.30. The summed E-state index contributed by atoms with van der Waals surface area (Å²) in [6.45, 7) is 6.85. The molecule has 3 nitrogen and oxygen atoms in total. The summed E-state index contributed by atoms with van der Waals surface area (Å²) in [7, 11) is 0. The fourth-order valence-electron chi connectivity index (χ4n) is 2.13. The highest BCUT2D eigenvalue weighted by Crippen LogP contribution is 2.36. The molecule has 1 heterocycles. The largest absolute Gasteiger partial charge is 0.356 e. The Balaban J connectivity index is 0.000000921. The second-order valence-corrected chi connectivity index (χ2v) is 3.74. The molecule has 0 aromatic heterocycles. The molecule has 15 heavy (non-hydrogen) atoms. The third-order valence-electron chi connectivity index (χ3n) is 2.84. The van der Waals surface area contributed by atoms with Gasteiger partial charge in [0.25, 0.3) is 0 Å². The molecular weight excluding hydrogens is 190 g/mol. The average molecular weight is 213 g/mol. The molecule has 3 heteroatoms. The van der Waals surface area contributed by atoms with E-state index in [4.69, 9.17) is 0 Å². The Kier molecular flexibility index (Phi) is 7.01. The summed E-state index contributed by atoms with van der Waals surface area (Å²) in [5, 5.41) is 2.85. The summed E-state index contributed by atoms with van der Waals surface area (Å²) < 4.78 is 0. The van der Waals surface area contributed by atoms with Crippen molar-refractivity contribution in [3.8, 4) is 0 Å². The Morgan fingerprint density at radius 1 is 1.40 bits per heavy atom. The summed E-state index contributed by atoms with van der Waals surface area (Å²) in [4.78, 5) is 21.8. The van der Waals surface area contributed by atoms with Gasteiger partial charge in [0, 0.05) is 13.0 Å². The summed E-state index contributed by atoms with van der Waals surface area (Å²) in [6.07, 6.45) is 4.94. The molecule has 1 aliphatic rings. The molecule has 1 atom stereocenters. The Morgan fingerprint density at radius 2 is 2.07 bits per heavy atom. The number of carbonyl (C=O) groups excluding carboxylic acids is 2. The van der Waals surface area contributed by atoms with Crippen molar-refractivity contribution in [1.82, 2.24) is 5.32 Å². The Hall–Kier alpha value is -0.860. The number of hydrogen-bond acceptors (Lipinski definition) is 2. The van der Waals surface area contributed by atoms with E-state index in [1.807, 2.05) is 13.8 Å². The van der Waals surface area contributed by atoms with Crippen molar-refractivity contribution in [1.29, 1.82) is 0 Å². The lowest BCUT2D eigenvalue weighted by Gasteiger charge is -2.24. The molecule has 1 fully saturated rings. The quantitative estimate of drug-likeness (QED) is 0.712. The van der Waals surface area contributed by atoms with Gasteiger partial charge in [-0.15, -0.1) is 0 Å². The Labute approximate surface area is 92.6 Å². The fraction of sp³-hybridized carbons (Fsp3) is 0.833. The second kappa shape index (κ2) is 7.43. The number of nitrogens with one attached hydrogen (secondary N) is 1. The number of amides is 1. The molecule has 0 aliphatic carbocycles. The first-order valence-electron chi connectivity index (χ1n) is 5.97. The standard InChI is InChI=1S/C10H17NO2.C2H6/c1-2-4-10(5-3-8-12)6-7-11-9(10)13;1-2/h8H,2-7H2,1H3,(H,11,13);1-2H3. The first-order valence-corrected chi connectivity index (χ1v) is 5.97. The lowest BCUT2D eigenvalue weighted by atomic mass is 9.78. The van der Waals surface area contributed by atoms with Crippen molar-refractivity contribution >= 4 is 12.2 Å². The van der Waals surface area contributed by atoms with E-state index in [-0.39, 0.29) is 11.3 Å². The lowest BCUT2D eigenvalue weighted by Crippen LogP contribution is -2.31. The van der Waals surface area contributed by atoms with Gasteiger partial charge in [-0.25, -0.2) is 0 Å². The van der Waals surface area contributed by atoms with Gasteiger partial charge >= 0.3 is 0 Å². The van der Waals surface area contributed by atoms with Gasteiger partial charge in [0.05, 0.1) is 5.41 Å². The van der Waals surface area contributed by atoms with Crippen LogP contribution in [0.2, 0.25) is 0 Å². The van der Waals surface area contributed by atoms with Gasteiger partial charge in [0.15, 0.2) is 0 Å². The topological polar surface area (TPSA) is 46.2 Å². The third kappa shape index (κ3) is 3.65. The molecule has 1 aliphatic heterocycles. The summed E-state index contributed by atoms with van der Waals surface area (Å²) in [6, 6.07) is 0. The molecular formula is C12H23NO2. The molecule has 1 rings (SSSR count). The first kappa shape index (κ1) is 14.1. The highest BCUT2D eigenvalue weighted by atomic mass is 16.2. The number of carbonyl (C=O) groups is 2. The number of hydrogen-bond donors (Lipinski definition) is 1. The van der Waals surface area contributed by atoms with Crippen LogP contribution in [-0.2, 0) is 9.59 Å². The monoisotopic (exact) mass is 213 g/mol. The van der Waals surface area contributed by atoms with Crippen LogP contribution in [0.1, 0.15) is 52.9 Å². The van der Waals surface area contributed by atoms with Crippen molar-refractivity contribution in [2.75, 3.05) is 6.54 Å². The van der Waals surface area contributed by atoms with E-state index in [9.17, 15) is 9.59 Å². The third-order valence-corrected chi connectivity index (χ3v) is 2.84. The van der Waals surface area contributed by atoms with Crippen molar-refractivity contribution in [3.63, 3.8) is 0 Å². The smallest absolute Gasteiger partial charge is 0.226 e. The zero-order chi connectivity index (χ0) is 11.7. The molecule has 1 saturated heterocycles. The fourth-order valence-corrected chi connectivity index (χ4v) is 2.13. The maximum atomic E-state index is 11.6. The summed E-state index contributed by atoms with van der Waals surface area (Å²) >= 11 is 0. The van der Waals surface area contributed by atoms with E-state index in [2.05, 4.69) is 12.2 Å². The zero-order valence-corrected chi connectivity index (χ0v) is 10.1. The summed E-state index contributed by atoms with van der Waals surface area (Å²) in [5.41, 5.74) is -0.227. The van der Waals surface area contributed by atoms with E-state index in [0.717, 1.165) is 38.5 Å². The van der Waals surface area contributed by atoms with Crippen molar-refractivity contribution in [2.45, 2.75) is 52.9 Å². The van der Waals surface area contributed by atoms with Crippen LogP contribution >= 0.6 is 0 Å². The molecule has 0 aromatic carbocycles. The van der Waals surface area contributed by atoms with Gasteiger partial charge in [0.1, 0.15) is 6.29 Å². The van der Waals surface area contributed by atoms with Crippen molar-refractivity contribution in [3.05, 3.63) is 0 Å².